The van der Waals surface area contributed by atoms with Crippen LogP contribution < -0.4 is 5.32 Å². The second kappa shape index (κ2) is 5.48. The molecule has 2 nitrogen and oxygen atoms in total. The second-order valence-corrected chi connectivity index (χ2v) is 4.42. The van der Waals surface area contributed by atoms with E-state index >= 15 is 0 Å². The van der Waals surface area contributed by atoms with Crippen molar-refractivity contribution in [3.8, 4) is 0 Å². The predicted octanol–water partition coefficient (Wildman–Crippen LogP) is 3.88. The van der Waals surface area contributed by atoms with Crippen molar-refractivity contribution in [2.75, 3.05) is 0 Å². The van der Waals surface area contributed by atoms with Crippen LogP contribution in [0.15, 0.2) is 42.6 Å². The van der Waals surface area contributed by atoms with E-state index in [2.05, 4.69) is 10.3 Å². The average Bonchev–Trinajstić information content (AvgIpc) is 2.88. The van der Waals surface area contributed by atoms with Gasteiger partial charge in [-0.25, -0.2) is 0 Å². The fourth-order valence-corrected chi connectivity index (χ4v) is 1.84. The highest BCUT2D eigenvalue weighted by Crippen LogP contribution is 2.30. The highest BCUT2D eigenvalue weighted by Gasteiger charge is 2.30. The molecule has 0 fully saturated rings. The molecule has 19 heavy (non-hydrogen) atoms. The molecular weight excluding hydrogens is 253 g/mol. The van der Waals surface area contributed by atoms with E-state index in [0.29, 0.717) is 12.1 Å². The summed E-state index contributed by atoms with van der Waals surface area (Å²) in [4.78, 5) is 3.04. The molecule has 1 heterocycles. The van der Waals surface area contributed by atoms with Gasteiger partial charge in [0, 0.05) is 24.5 Å². The zero-order valence-electron chi connectivity index (χ0n) is 10.5. The van der Waals surface area contributed by atoms with Gasteiger partial charge in [-0.2, -0.15) is 13.2 Å². The zero-order chi connectivity index (χ0) is 13.9. The number of alkyl halides is 3. The number of aromatic nitrogens is 1. The van der Waals surface area contributed by atoms with Crippen LogP contribution in [-0.2, 0) is 12.7 Å². The van der Waals surface area contributed by atoms with Gasteiger partial charge in [-0.3, -0.25) is 0 Å². The van der Waals surface area contributed by atoms with E-state index in [9.17, 15) is 13.2 Å². The normalized spacial score (nSPS) is 13.5. The van der Waals surface area contributed by atoms with Gasteiger partial charge < -0.3 is 10.3 Å². The Morgan fingerprint density at radius 1 is 1.21 bits per heavy atom. The van der Waals surface area contributed by atoms with Crippen LogP contribution in [0.2, 0.25) is 0 Å². The molecule has 1 aromatic carbocycles. The first-order valence-corrected chi connectivity index (χ1v) is 5.99. The largest absolute Gasteiger partial charge is 0.416 e. The maximum absolute atomic E-state index is 12.6. The Balaban J connectivity index is 2.04. The monoisotopic (exact) mass is 268 g/mol. The quantitative estimate of drug-likeness (QED) is 0.865. The van der Waals surface area contributed by atoms with Gasteiger partial charge in [-0.15, -0.1) is 0 Å². The van der Waals surface area contributed by atoms with Crippen molar-refractivity contribution in [1.82, 2.24) is 10.3 Å². The van der Waals surface area contributed by atoms with Crippen LogP contribution in [0, 0.1) is 0 Å². The number of aromatic amines is 1. The van der Waals surface area contributed by atoms with Crippen LogP contribution in [0.5, 0.6) is 0 Å². The number of benzene rings is 1. The van der Waals surface area contributed by atoms with E-state index < -0.39 is 11.7 Å². The molecule has 2 aromatic rings. The van der Waals surface area contributed by atoms with Crippen molar-refractivity contribution in [3.63, 3.8) is 0 Å². The molecule has 0 spiro atoms. The summed E-state index contributed by atoms with van der Waals surface area (Å²) in [5, 5.41) is 3.18. The maximum atomic E-state index is 12.6. The molecule has 1 unspecified atom stereocenters. The van der Waals surface area contributed by atoms with E-state index in [0.717, 1.165) is 11.8 Å². The van der Waals surface area contributed by atoms with Crippen molar-refractivity contribution in [3.05, 3.63) is 59.4 Å². The minimum atomic E-state index is -4.30. The Labute approximate surface area is 109 Å². The highest BCUT2D eigenvalue weighted by molar-refractivity contribution is 5.27. The Morgan fingerprint density at radius 2 is 2.00 bits per heavy atom. The lowest BCUT2D eigenvalue weighted by molar-refractivity contribution is -0.137. The minimum absolute atomic E-state index is 0.148. The number of hydrogen-bond donors (Lipinski definition) is 2. The molecule has 0 aliphatic heterocycles. The number of halogens is 3. The van der Waals surface area contributed by atoms with Gasteiger partial charge in [0.1, 0.15) is 0 Å². The fraction of sp³-hybridized carbons (Fsp3) is 0.286. The Bertz CT molecular complexity index is 518. The van der Waals surface area contributed by atoms with Gasteiger partial charge in [0.25, 0.3) is 0 Å². The Hall–Kier alpha value is -1.75. The molecule has 2 rings (SSSR count). The topological polar surface area (TPSA) is 27.8 Å². The number of nitrogens with one attached hydrogen (secondary N) is 2. The Kier molecular flexibility index (Phi) is 3.95. The smallest absolute Gasteiger partial charge is 0.364 e. The van der Waals surface area contributed by atoms with Crippen LogP contribution in [0.3, 0.4) is 0 Å². The molecule has 0 saturated carbocycles. The molecule has 102 valence electrons. The first kappa shape index (κ1) is 13.7. The van der Waals surface area contributed by atoms with Crippen LogP contribution >= 0.6 is 0 Å². The van der Waals surface area contributed by atoms with E-state index in [1.807, 2.05) is 25.3 Å². The van der Waals surface area contributed by atoms with Gasteiger partial charge in [0.05, 0.1) is 5.56 Å². The number of hydrogen-bond acceptors (Lipinski definition) is 1. The third-order valence-electron chi connectivity index (χ3n) is 2.98. The van der Waals surface area contributed by atoms with Crippen LogP contribution in [0.4, 0.5) is 13.2 Å². The Morgan fingerprint density at radius 3 is 2.63 bits per heavy atom. The molecular formula is C14H15F3N2. The predicted molar refractivity (Wildman–Crippen MR) is 67.5 cm³/mol. The summed E-state index contributed by atoms with van der Waals surface area (Å²) < 4.78 is 37.8. The van der Waals surface area contributed by atoms with Crippen molar-refractivity contribution in [2.24, 2.45) is 0 Å². The number of H-pyrrole nitrogens is 1. The first-order chi connectivity index (χ1) is 8.97. The summed E-state index contributed by atoms with van der Waals surface area (Å²) in [6.45, 7) is 2.43. The average molecular weight is 268 g/mol. The van der Waals surface area contributed by atoms with Crippen molar-refractivity contribution in [2.45, 2.75) is 25.7 Å². The van der Waals surface area contributed by atoms with Gasteiger partial charge in [0.2, 0.25) is 0 Å². The number of rotatable bonds is 4. The molecule has 0 aliphatic rings. The molecule has 2 N–H and O–H groups in total. The molecule has 0 saturated heterocycles. The summed E-state index contributed by atoms with van der Waals surface area (Å²) in [5.41, 5.74) is 1.01. The van der Waals surface area contributed by atoms with E-state index in [1.165, 1.54) is 12.1 Å². The van der Waals surface area contributed by atoms with E-state index in [1.54, 1.807) is 6.07 Å². The lowest BCUT2D eigenvalue weighted by Crippen LogP contribution is -2.19. The molecule has 0 radical (unpaired) electrons. The standard InChI is InChI=1S/C14H15F3N2/c1-10(19-9-13-6-3-7-18-13)11-4-2-5-12(8-11)14(15,16)17/h2-8,10,18-19H,9H2,1H3. The lowest BCUT2D eigenvalue weighted by Gasteiger charge is -2.15. The van der Waals surface area contributed by atoms with E-state index in [-0.39, 0.29) is 6.04 Å². The highest BCUT2D eigenvalue weighted by atomic mass is 19.4. The summed E-state index contributed by atoms with van der Waals surface area (Å²) in [6.07, 6.45) is -2.48. The summed E-state index contributed by atoms with van der Waals surface area (Å²) >= 11 is 0. The molecule has 0 aliphatic carbocycles. The van der Waals surface area contributed by atoms with Crippen LogP contribution in [-0.4, -0.2) is 4.98 Å². The summed E-state index contributed by atoms with van der Waals surface area (Å²) in [5.74, 6) is 0. The van der Waals surface area contributed by atoms with Crippen LogP contribution in [0.1, 0.15) is 29.8 Å². The molecule has 0 amide bonds. The van der Waals surface area contributed by atoms with Crippen LogP contribution in [0.25, 0.3) is 0 Å². The minimum Gasteiger partial charge on any atom is -0.364 e. The molecule has 0 bridgehead atoms. The third-order valence-corrected chi connectivity index (χ3v) is 2.98. The molecule has 1 aromatic heterocycles. The fourth-order valence-electron chi connectivity index (χ4n) is 1.84. The SMILES string of the molecule is CC(NCc1ccc[nH]1)c1cccc(C(F)(F)F)c1. The van der Waals surface area contributed by atoms with Crippen molar-refractivity contribution < 1.29 is 13.2 Å². The summed E-state index contributed by atoms with van der Waals surface area (Å²) in [6, 6.07) is 9.06. The van der Waals surface area contributed by atoms with Gasteiger partial charge in [-0.1, -0.05) is 12.1 Å². The third kappa shape index (κ3) is 3.61. The molecule has 1 atom stereocenters. The van der Waals surface area contributed by atoms with Crippen molar-refractivity contribution >= 4 is 0 Å². The summed E-state index contributed by atoms with van der Waals surface area (Å²) in [7, 11) is 0. The van der Waals surface area contributed by atoms with E-state index in [4.69, 9.17) is 0 Å². The van der Waals surface area contributed by atoms with Gasteiger partial charge >= 0.3 is 6.18 Å². The first-order valence-electron chi connectivity index (χ1n) is 5.99. The zero-order valence-corrected chi connectivity index (χ0v) is 10.5. The van der Waals surface area contributed by atoms with Gasteiger partial charge in [-0.05, 0) is 36.8 Å². The second-order valence-electron chi connectivity index (χ2n) is 4.42. The van der Waals surface area contributed by atoms with Gasteiger partial charge in [0.15, 0.2) is 0 Å². The van der Waals surface area contributed by atoms with Crippen molar-refractivity contribution in [1.29, 1.82) is 0 Å². The maximum Gasteiger partial charge on any atom is 0.416 e. The lowest BCUT2D eigenvalue weighted by atomic mass is 10.0. The molecule has 5 heteroatoms.